The van der Waals surface area contributed by atoms with Gasteiger partial charge in [0.05, 0.1) is 5.39 Å². The molecule has 0 aliphatic heterocycles. The van der Waals surface area contributed by atoms with Crippen LogP contribution in [-0.4, -0.2) is 21.6 Å². The first-order valence-electron chi connectivity index (χ1n) is 7.15. The summed E-state index contributed by atoms with van der Waals surface area (Å²) >= 11 is 8.80. The van der Waals surface area contributed by atoms with E-state index in [4.69, 9.17) is 17.3 Å². The lowest BCUT2D eigenvalue weighted by atomic mass is 10.0. The third-order valence-electron chi connectivity index (χ3n) is 3.48. The van der Waals surface area contributed by atoms with Crippen molar-refractivity contribution in [1.29, 1.82) is 0 Å². The number of primary amides is 1. The average Bonchev–Trinajstić information content (AvgIpc) is 2.94. The number of halogens is 1. The maximum Gasteiger partial charge on any atom is 0.260 e. The van der Waals surface area contributed by atoms with Gasteiger partial charge in [0.1, 0.15) is 4.83 Å². The molecule has 0 aliphatic rings. The van der Waals surface area contributed by atoms with Gasteiger partial charge >= 0.3 is 0 Å². The van der Waals surface area contributed by atoms with E-state index in [2.05, 4.69) is 9.97 Å². The molecule has 3 rings (SSSR count). The zero-order valence-corrected chi connectivity index (χ0v) is 15.1. The Morgan fingerprint density at radius 3 is 2.96 bits per heavy atom. The molecule has 3 N–H and O–H groups in total. The number of thioether (sulfide) groups is 1. The molecule has 2 heterocycles. The van der Waals surface area contributed by atoms with Gasteiger partial charge in [0.25, 0.3) is 5.56 Å². The number of carbonyl (C=O) groups excluding carboxylic acids is 1. The SMILES string of the molecule is Cc1cc(-c2csc3nc(SCCC(N)=O)[nH]c(=O)c23)ccc1Cl. The van der Waals surface area contributed by atoms with E-state index in [1.54, 1.807) is 0 Å². The Bertz CT molecular complexity index is 981. The minimum atomic E-state index is -0.373. The molecule has 5 nitrogen and oxygen atoms in total. The third kappa shape index (κ3) is 3.48. The molecule has 3 aromatic rings. The number of aromatic amines is 1. The highest BCUT2D eigenvalue weighted by molar-refractivity contribution is 7.99. The average molecular weight is 380 g/mol. The summed E-state index contributed by atoms with van der Waals surface area (Å²) in [5.74, 6) is 0.112. The molecule has 0 unspecified atom stereocenters. The van der Waals surface area contributed by atoms with Crippen LogP contribution in [0.3, 0.4) is 0 Å². The Kier molecular flexibility index (Phi) is 4.93. The summed E-state index contributed by atoms with van der Waals surface area (Å²) in [5.41, 5.74) is 7.66. The summed E-state index contributed by atoms with van der Waals surface area (Å²) in [6.45, 7) is 1.93. The molecule has 24 heavy (non-hydrogen) atoms. The van der Waals surface area contributed by atoms with Gasteiger partial charge in [0.2, 0.25) is 5.91 Å². The van der Waals surface area contributed by atoms with E-state index in [0.717, 1.165) is 16.7 Å². The molecule has 1 aromatic carbocycles. The number of fused-ring (bicyclic) bond motifs is 1. The zero-order valence-electron chi connectivity index (χ0n) is 12.8. The minimum Gasteiger partial charge on any atom is -0.370 e. The van der Waals surface area contributed by atoms with Gasteiger partial charge in [0, 0.05) is 28.1 Å². The first kappa shape index (κ1) is 17.0. The number of hydrogen-bond donors (Lipinski definition) is 2. The van der Waals surface area contributed by atoms with Crippen LogP contribution in [0.15, 0.2) is 33.5 Å². The number of hydrogen-bond acceptors (Lipinski definition) is 5. The predicted molar refractivity (Wildman–Crippen MR) is 100.0 cm³/mol. The van der Waals surface area contributed by atoms with Crippen molar-refractivity contribution in [3.63, 3.8) is 0 Å². The van der Waals surface area contributed by atoms with Gasteiger partial charge < -0.3 is 10.7 Å². The number of aryl methyl sites for hydroxylation is 1. The molecule has 2 aromatic heterocycles. The van der Waals surface area contributed by atoms with Crippen LogP contribution < -0.4 is 11.3 Å². The van der Waals surface area contributed by atoms with Crippen LogP contribution in [-0.2, 0) is 4.79 Å². The van der Waals surface area contributed by atoms with E-state index >= 15 is 0 Å². The van der Waals surface area contributed by atoms with E-state index in [1.165, 1.54) is 23.1 Å². The van der Waals surface area contributed by atoms with Crippen molar-refractivity contribution < 1.29 is 4.79 Å². The van der Waals surface area contributed by atoms with Gasteiger partial charge in [-0.05, 0) is 30.2 Å². The Morgan fingerprint density at radius 2 is 2.25 bits per heavy atom. The van der Waals surface area contributed by atoms with Gasteiger partial charge in [-0.15, -0.1) is 11.3 Å². The summed E-state index contributed by atoms with van der Waals surface area (Å²) in [6, 6.07) is 5.68. The molecule has 124 valence electrons. The standard InChI is InChI=1S/C16H14ClN3O2S2/c1-8-6-9(2-3-11(8)17)10-7-24-15-13(10)14(22)19-16(20-15)23-5-4-12(18)21/h2-3,6-7H,4-5H2,1H3,(H2,18,21)(H,19,20,22). The van der Waals surface area contributed by atoms with Gasteiger partial charge in [-0.2, -0.15) is 0 Å². The molecule has 1 amide bonds. The molecule has 0 saturated carbocycles. The minimum absolute atomic E-state index is 0.189. The van der Waals surface area contributed by atoms with Crippen LogP contribution >= 0.6 is 34.7 Å². The van der Waals surface area contributed by atoms with Crippen molar-refractivity contribution in [1.82, 2.24) is 9.97 Å². The smallest absolute Gasteiger partial charge is 0.260 e. The second-order valence-corrected chi connectivity index (χ2v) is 7.58. The lowest BCUT2D eigenvalue weighted by Gasteiger charge is -2.04. The summed E-state index contributed by atoms with van der Waals surface area (Å²) in [5, 5.41) is 3.68. The number of aromatic nitrogens is 2. The molecular weight excluding hydrogens is 366 g/mol. The Morgan fingerprint density at radius 1 is 1.46 bits per heavy atom. The Balaban J connectivity index is 1.99. The monoisotopic (exact) mass is 379 g/mol. The normalized spacial score (nSPS) is 11.1. The topological polar surface area (TPSA) is 88.8 Å². The number of nitrogens with two attached hydrogens (primary N) is 1. The molecule has 0 radical (unpaired) electrons. The highest BCUT2D eigenvalue weighted by atomic mass is 35.5. The van der Waals surface area contributed by atoms with E-state index in [9.17, 15) is 9.59 Å². The molecular formula is C16H14ClN3O2S2. The maximum atomic E-state index is 12.5. The van der Waals surface area contributed by atoms with E-state index in [-0.39, 0.29) is 17.9 Å². The summed E-state index contributed by atoms with van der Waals surface area (Å²) in [7, 11) is 0. The number of carbonyl (C=O) groups is 1. The number of nitrogens with one attached hydrogen (secondary N) is 1. The van der Waals surface area contributed by atoms with Crippen molar-refractivity contribution in [2.45, 2.75) is 18.5 Å². The van der Waals surface area contributed by atoms with Gasteiger partial charge in [-0.3, -0.25) is 9.59 Å². The molecule has 0 fully saturated rings. The molecule has 8 heteroatoms. The van der Waals surface area contributed by atoms with Crippen molar-refractivity contribution in [3.8, 4) is 11.1 Å². The first-order valence-corrected chi connectivity index (χ1v) is 9.39. The van der Waals surface area contributed by atoms with Crippen molar-refractivity contribution in [3.05, 3.63) is 44.5 Å². The summed E-state index contributed by atoms with van der Waals surface area (Å²) in [6.07, 6.45) is 0.242. The number of H-pyrrole nitrogens is 1. The largest absolute Gasteiger partial charge is 0.370 e. The third-order valence-corrected chi connectivity index (χ3v) is 5.65. The second kappa shape index (κ2) is 6.96. The number of nitrogens with zero attached hydrogens (tertiary/aromatic N) is 1. The number of amides is 1. The molecule has 0 spiro atoms. The predicted octanol–water partition coefficient (Wildman–Crippen LogP) is 3.58. The summed E-state index contributed by atoms with van der Waals surface area (Å²) < 4.78 is 0. The van der Waals surface area contributed by atoms with Gasteiger partial charge in [0.15, 0.2) is 5.16 Å². The highest BCUT2D eigenvalue weighted by Gasteiger charge is 2.14. The Labute approximate surface area is 151 Å². The molecule has 0 saturated heterocycles. The van der Waals surface area contributed by atoms with E-state index < -0.39 is 0 Å². The number of rotatable bonds is 5. The van der Waals surface area contributed by atoms with Crippen molar-refractivity contribution >= 4 is 50.8 Å². The van der Waals surface area contributed by atoms with Gasteiger partial charge in [-0.25, -0.2) is 4.98 Å². The molecule has 0 atom stereocenters. The highest BCUT2D eigenvalue weighted by Crippen LogP contribution is 2.33. The summed E-state index contributed by atoms with van der Waals surface area (Å²) in [4.78, 5) is 31.2. The van der Waals surface area contributed by atoms with Crippen molar-refractivity contribution in [2.24, 2.45) is 5.73 Å². The van der Waals surface area contributed by atoms with Crippen LogP contribution in [0.2, 0.25) is 5.02 Å². The first-order chi connectivity index (χ1) is 11.5. The molecule has 0 aliphatic carbocycles. The maximum absolute atomic E-state index is 12.5. The number of thiophene rings is 1. The van der Waals surface area contributed by atoms with Crippen LogP contribution in [0.5, 0.6) is 0 Å². The van der Waals surface area contributed by atoms with Crippen LogP contribution in [0.25, 0.3) is 21.3 Å². The Hall–Kier alpha value is -1.83. The quantitative estimate of drug-likeness (QED) is 0.523. The van der Waals surface area contributed by atoms with Crippen molar-refractivity contribution in [2.75, 3.05) is 5.75 Å². The lowest BCUT2D eigenvalue weighted by molar-refractivity contribution is -0.117. The van der Waals surface area contributed by atoms with E-state index in [0.29, 0.717) is 26.1 Å². The van der Waals surface area contributed by atoms with Crippen LogP contribution in [0.1, 0.15) is 12.0 Å². The lowest BCUT2D eigenvalue weighted by Crippen LogP contribution is -2.12. The zero-order chi connectivity index (χ0) is 17.3. The van der Waals surface area contributed by atoms with Crippen LogP contribution in [0.4, 0.5) is 0 Å². The van der Waals surface area contributed by atoms with Crippen LogP contribution in [0, 0.1) is 6.92 Å². The fraction of sp³-hybridized carbons (Fsp3) is 0.188. The number of benzene rings is 1. The van der Waals surface area contributed by atoms with Gasteiger partial charge in [-0.1, -0.05) is 29.4 Å². The fourth-order valence-corrected chi connectivity index (χ4v) is 4.21. The molecule has 0 bridgehead atoms. The fourth-order valence-electron chi connectivity index (χ4n) is 2.27. The second-order valence-electron chi connectivity index (χ2n) is 5.23. The van der Waals surface area contributed by atoms with E-state index in [1.807, 2.05) is 30.5 Å².